The van der Waals surface area contributed by atoms with Gasteiger partial charge < -0.3 is 4.90 Å². The number of halogens is 1. The molecule has 154 valence electrons. The monoisotopic (exact) mass is 403 g/mol. The third-order valence-electron chi connectivity index (χ3n) is 6.83. The highest BCUT2D eigenvalue weighted by molar-refractivity contribution is 5.93. The van der Waals surface area contributed by atoms with Gasteiger partial charge in [0.2, 0.25) is 0 Å². The van der Waals surface area contributed by atoms with Crippen molar-refractivity contribution in [3.05, 3.63) is 77.7 Å². The van der Waals surface area contributed by atoms with Gasteiger partial charge in [-0.25, -0.2) is 4.39 Å². The Kier molecular flexibility index (Phi) is 5.11. The smallest absolute Gasteiger partial charge is 0.272 e. The van der Waals surface area contributed by atoms with E-state index < -0.39 is 0 Å². The van der Waals surface area contributed by atoms with Crippen LogP contribution < -0.4 is 0 Å². The number of nitrogens with one attached hydrogen (secondary N) is 1. The second kappa shape index (κ2) is 8.05. The summed E-state index contributed by atoms with van der Waals surface area (Å²) in [5.74, 6) is 0.650. The summed E-state index contributed by atoms with van der Waals surface area (Å²) in [5, 5.41) is 7.08. The highest BCUT2D eigenvalue weighted by atomic mass is 19.1. The summed E-state index contributed by atoms with van der Waals surface area (Å²) < 4.78 is 14.1. The van der Waals surface area contributed by atoms with Crippen molar-refractivity contribution in [3.63, 3.8) is 0 Å². The van der Waals surface area contributed by atoms with E-state index in [-0.39, 0.29) is 17.8 Å². The lowest BCUT2D eigenvalue weighted by atomic mass is 9.69. The Balaban J connectivity index is 1.40. The fourth-order valence-electron chi connectivity index (χ4n) is 5.41. The Morgan fingerprint density at radius 2 is 1.77 bits per heavy atom. The SMILES string of the molecule is O=C(c1cc(-c2ccccc2F)n[nH]1)N1CC[C@H](c2ccccc2)[C@H]2CCCC[C@H]21. The molecular formula is C25H26FN3O. The van der Waals surface area contributed by atoms with Gasteiger partial charge in [0.05, 0.1) is 5.69 Å². The minimum atomic E-state index is -0.334. The molecule has 5 rings (SSSR count). The van der Waals surface area contributed by atoms with Crippen LogP contribution >= 0.6 is 0 Å². The first-order valence-electron chi connectivity index (χ1n) is 10.9. The van der Waals surface area contributed by atoms with E-state index in [0.717, 1.165) is 32.2 Å². The molecule has 5 heteroatoms. The molecule has 1 N–H and O–H groups in total. The highest BCUT2D eigenvalue weighted by Gasteiger charge is 2.42. The number of aromatic amines is 1. The van der Waals surface area contributed by atoms with Crippen LogP contribution in [-0.4, -0.2) is 33.6 Å². The molecule has 0 radical (unpaired) electrons. The van der Waals surface area contributed by atoms with Gasteiger partial charge in [-0.15, -0.1) is 0 Å². The number of hydrogen-bond acceptors (Lipinski definition) is 2. The lowest BCUT2D eigenvalue weighted by Crippen LogP contribution is -2.52. The molecule has 0 bridgehead atoms. The number of fused-ring (bicyclic) bond motifs is 1. The molecule has 2 fully saturated rings. The number of likely N-dealkylation sites (tertiary alicyclic amines) is 1. The van der Waals surface area contributed by atoms with Crippen LogP contribution in [0.1, 0.15) is 54.1 Å². The number of H-pyrrole nitrogens is 1. The maximum Gasteiger partial charge on any atom is 0.272 e. The molecule has 0 spiro atoms. The molecule has 30 heavy (non-hydrogen) atoms. The number of piperidine rings is 1. The maximum absolute atomic E-state index is 14.1. The standard InChI is InChI=1S/C25H26FN3O/c26-21-12-6-4-11-20(21)22-16-23(28-27-22)25(30)29-15-14-18(17-8-2-1-3-9-17)19-10-5-7-13-24(19)29/h1-4,6,8-9,11-12,16,18-19,24H,5,7,10,13-15H2,(H,27,28)/t18-,19-,24-/m1/s1. The first-order valence-corrected chi connectivity index (χ1v) is 10.9. The van der Waals surface area contributed by atoms with Crippen molar-refractivity contribution in [3.8, 4) is 11.3 Å². The van der Waals surface area contributed by atoms with Crippen molar-refractivity contribution in [2.24, 2.45) is 5.92 Å². The summed E-state index contributed by atoms with van der Waals surface area (Å²) in [6.07, 6.45) is 5.58. The van der Waals surface area contributed by atoms with E-state index in [1.165, 1.54) is 18.1 Å². The zero-order valence-electron chi connectivity index (χ0n) is 16.9. The first-order chi connectivity index (χ1) is 14.7. The van der Waals surface area contributed by atoms with Crippen LogP contribution in [0.3, 0.4) is 0 Å². The van der Waals surface area contributed by atoms with Gasteiger partial charge in [0.15, 0.2) is 0 Å². The Morgan fingerprint density at radius 3 is 2.60 bits per heavy atom. The van der Waals surface area contributed by atoms with Crippen LogP contribution in [0.5, 0.6) is 0 Å². The minimum Gasteiger partial charge on any atom is -0.334 e. The predicted molar refractivity (Wildman–Crippen MR) is 115 cm³/mol. The van der Waals surface area contributed by atoms with Crippen LogP contribution in [0, 0.1) is 11.7 Å². The van der Waals surface area contributed by atoms with Gasteiger partial charge in [0.1, 0.15) is 11.5 Å². The molecule has 0 unspecified atom stereocenters. The number of hydrogen-bond donors (Lipinski definition) is 1. The van der Waals surface area contributed by atoms with Crippen molar-refractivity contribution in [1.29, 1.82) is 0 Å². The number of aromatic nitrogens is 2. The van der Waals surface area contributed by atoms with E-state index in [0.29, 0.717) is 28.8 Å². The van der Waals surface area contributed by atoms with Crippen LogP contribution in [0.2, 0.25) is 0 Å². The number of amides is 1. The minimum absolute atomic E-state index is 0.0199. The fourth-order valence-corrected chi connectivity index (χ4v) is 5.41. The van der Waals surface area contributed by atoms with Crippen molar-refractivity contribution in [1.82, 2.24) is 15.1 Å². The van der Waals surface area contributed by atoms with Gasteiger partial charge in [-0.2, -0.15) is 5.10 Å². The molecule has 1 aromatic heterocycles. The summed E-state index contributed by atoms with van der Waals surface area (Å²) in [7, 11) is 0. The van der Waals surface area contributed by atoms with Crippen molar-refractivity contribution in [2.45, 2.75) is 44.1 Å². The van der Waals surface area contributed by atoms with Crippen LogP contribution in [0.4, 0.5) is 4.39 Å². The van der Waals surface area contributed by atoms with Gasteiger partial charge in [-0.05, 0) is 54.9 Å². The van der Waals surface area contributed by atoms with Crippen LogP contribution in [0.25, 0.3) is 11.3 Å². The number of rotatable bonds is 3. The average molecular weight is 404 g/mol. The van der Waals surface area contributed by atoms with E-state index >= 15 is 0 Å². The Hall–Kier alpha value is -2.95. The quantitative estimate of drug-likeness (QED) is 0.636. The van der Waals surface area contributed by atoms with Crippen LogP contribution in [-0.2, 0) is 0 Å². The molecule has 1 aliphatic heterocycles. The summed E-state index contributed by atoms with van der Waals surface area (Å²) >= 11 is 0. The Labute approximate surface area is 176 Å². The Bertz CT molecular complexity index is 1030. The third kappa shape index (κ3) is 3.42. The van der Waals surface area contributed by atoms with Gasteiger partial charge in [-0.1, -0.05) is 55.3 Å². The number of carbonyl (C=O) groups is 1. The van der Waals surface area contributed by atoms with Crippen molar-refractivity contribution < 1.29 is 9.18 Å². The van der Waals surface area contributed by atoms with E-state index in [2.05, 4.69) is 40.5 Å². The molecule has 2 heterocycles. The van der Waals surface area contributed by atoms with Gasteiger partial charge >= 0.3 is 0 Å². The van der Waals surface area contributed by atoms with E-state index in [1.54, 1.807) is 24.3 Å². The molecule has 1 saturated heterocycles. The Morgan fingerprint density at radius 1 is 1.00 bits per heavy atom. The van der Waals surface area contributed by atoms with E-state index in [4.69, 9.17) is 0 Å². The molecule has 2 aliphatic rings. The molecule has 1 saturated carbocycles. The number of benzene rings is 2. The molecule has 1 amide bonds. The first kappa shape index (κ1) is 19.0. The third-order valence-corrected chi connectivity index (χ3v) is 6.83. The second-order valence-corrected chi connectivity index (χ2v) is 8.47. The second-order valence-electron chi connectivity index (χ2n) is 8.47. The van der Waals surface area contributed by atoms with Gasteiger partial charge in [-0.3, -0.25) is 9.89 Å². The molecular weight excluding hydrogens is 377 g/mol. The fraction of sp³-hybridized carbons (Fsp3) is 0.360. The van der Waals surface area contributed by atoms with E-state index in [1.807, 2.05) is 4.90 Å². The molecule has 1 aliphatic carbocycles. The summed E-state index contributed by atoms with van der Waals surface area (Å²) in [5.41, 5.74) is 2.71. The lowest BCUT2D eigenvalue weighted by Gasteiger charge is -2.48. The van der Waals surface area contributed by atoms with Gasteiger partial charge in [0.25, 0.3) is 5.91 Å². The maximum atomic E-state index is 14.1. The molecule has 2 aromatic carbocycles. The molecule has 3 atom stereocenters. The van der Waals surface area contributed by atoms with Crippen LogP contribution in [0.15, 0.2) is 60.7 Å². The average Bonchev–Trinajstić information content (AvgIpc) is 3.29. The van der Waals surface area contributed by atoms with Gasteiger partial charge in [0, 0.05) is 18.2 Å². The normalized spacial score (nSPS) is 23.8. The predicted octanol–water partition coefficient (Wildman–Crippen LogP) is 5.40. The summed E-state index contributed by atoms with van der Waals surface area (Å²) in [4.78, 5) is 15.4. The lowest BCUT2D eigenvalue weighted by molar-refractivity contribution is 0.0314. The highest BCUT2D eigenvalue weighted by Crippen LogP contribution is 2.44. The number of carbonyl (C=O) groups excluding carboxylic acids is 1. The van der Waals surface area contributed by atoms with Crippen molar-refractivity contribution >= 4 is 5.91 Å². The van der Waals surface area contributed by atoms with Crippen molar-refractivity contribution in [2.75, 3.05) is 6.54 Å². The number of nitrogens with zero attached hydrogens (tertiary/aromatic N) is 2. The molecule has 3 aromatic rings. The molecule has 4 nitrogen and oxygen atoms in total. The van der Waals surface area contributed by atoms with E-state index in [9.17, 15) is 9.18 Å². The zero-order chi connectivity index (χ0) is 20.5. The summed E-state index contributed by atoms with van der Waals surface area (Å²) in [6.45, 7) is 0.744. The topological polar surface area (TPSA) is 49.0 Å². The largest absolute Gasteiger partial charge is 0.334 e. The summed E-state index contributed by atoms with van der Waals surface area (Å²) in [6, 6.07) is 19.2. The zero-order valence-corrected chi connectivity index (χ0v) is 16.9.